The maximum atomic E-state index is 9.81. The molecule has 0 rings (SSSR count). The molecule has 0 aromatic heterocycles. The van der Waals surface area contributed by atoms with Crippen LogP contribution in [-0.2, 0) is 14.4 Å². The van der Waals surface area contributed by atoms with Gasteiger partial charge in [0.05, 0.1) is 12.3 Å². The number of carboxylic acid groups (broad SMARTS) is 1. The van der Waals surface area contributed by atoms with E-state index in [0.717, 1.165) is 0 Å². The highest BCUT2D eigenvalue weighted by Gasteiger charge is 2.09. The molecule has 50 valence electrons. The summed E-state index contributed by atoms with van der Waals surface area (Å²) in [6.07, 6.45) is 0.231. The monoisotopic (exact) mass is 130 g/mol. The fraction of sp³-hybridized carbons (Fsp3) is 0.400. The van der Waals surface area contributed by atoms with Crippen LogP contribution in [0, 0.1) is 5.92 Å². The zero-order valence-electron chi connectivity index (χ0n) is 4.61. The summed E-state index contributed by atoms with van der Waals surface area (Å²) in [7, 11) is 0. The maximum Gasteiger partial charge on any atom is 0.304 e. The highest BCUT2D eigenvalue weighted by Crippen LogP contribution is 1.92. The van der Waals surface area contributed by atoms with Crippen LogP contribution < -0.4 is 0 Å². The average molecular weight is 130 g/mol. The zero-order chi connectivity index (χ0) is 7.28. The van der Waals surface area contributed by atoms with Crippen molar-refractivity contribution in [1.82, 2.24) is 0 Å². The van der Waals surface area contributed by atoms with Gasteiger partial charge < -0.3 is 14.7 Å². The fourth-order valence-corrected chi connectivity index (χ4v) is 0.330. The Morgan fingerprint density at radius 2 is 1.89 bits per heavy atom. The number of rotatable bonds is 4. The van der Waals surface area contributed by atoms with E-state index >= 15 is 0 Å². The van der Waals surface area contributed by atoms with E-state index in [0.29, 0.717) is 12.6 Å². The molecular formula is C5H6O4. The van der Waals surface area contributed by atoms with Crippen molar-refractivity contribution >= 4 is 18.5 Å². The quantitative estimate of drug-likeness (QED) is 0.410. The van der Waals surface area contributed by atoms with Crippen LogP contribution in [0.5, 0.6) is 0 Å². The largest absolute Gasteiger partial charge is 0.481 e. The Morgan fingerprint density at radius 3 is 2.00 bits per heavy atom. The van der Waals surface area contributed by atoms with Gasteiger partial charge >= 0.3 is 5.97 Å². The van der Waals surface area contributed by atoms with Gasteiger partial charge in [-0.1, -0.05) is 0 Å². The molecule has 0 aromatic carbocycles. The van der Waals surface area contributed by atoms with Crippen molar-refractivity contribution in [3.8, 4) is 0 Å². The molecule has 0 bridgehead atoms. The molecule has 0 fully saturated rings. The van der Waals surface area contributed by atoms with Crippen molar-refractivity contribution < 1.29 is 19.5 Å². The van der Waals surface area contributed by atoms with Crippen LogP contribution in [0.1, 0.15) is 6.42 Å². The predicted molar refractivity (Wildman–Crippen MR) is 27.9 cm³/mol. The fourth-order valence-electron chi connectivity index (χ4n) is 0.330. The van der Waals surface area contributed by atoms with E-state index in [9.17, 15) is 14.4 Å². The lowest BCUT2D eigenvalue weighted by molar-refractivity contribution is -0.140. The summed E-state index contributed by atoms with van der Waals surface area (Å²) in [5.74, 6) is -2.12. The summed E-state index contributed by atoms with van der Waals surface area (Å²) >= 11 is 0. The summed E-state index contributed by atoms with van der Waals surface area (Å²) in [6.45, 7) is 0. The summed E-state index contributed by atoms with van der Waals surface area (Å²) in [5.41, 5.74) is 0. The summed E-state index contributed by atoms with van der Waals surface area (Å²) in [5, 5.41) is 8.03. The summed E-state index contributed by atoms with van der Waals surface area (Å²) in [4.78, 5) is 29.4. The Kier molecular flexibility index (Phi) is 3.27. The number of aldehydes is 2. The Bertz CT molecular complexity index is 121. The van der Waals surface area contributed by atoms with Crippen molar-refractivity contribution in [3.05, 3.63) is 0 Å². The molecule has 0 aliphatic rings. The van der Waals surface area contributed by atoms with Gasteiger partial charge in [-0.3, -0.25) is 4.79 Å². The first-order chi connectivity index (χ1) is 4.20. The minimum absolute atomic E-state index is 0.321. The number of hydrogen-bond donors (Lipinski definition) is 1. The van der Waals surface area contributed by atoms with Gasteiger partial charge in [0.25, 0.3) is 0 Å². The lowest BCUT2D eigenvalue weighted by Crippen LogP contribution is -2.09. The summed E-state index contributed by atoms with van der Waals surface area (Å²) < 4.78 is 0. The van der Waals surface area contributed by atoms with Gasteiger partial charge in [0.1, 0.15) is 12.6 Å². The lowest BCUT2D eigenvalue weighted by atomic mass is 10.1. The van der Waals surface area contributed by atoms with E-state index in [2.05, 4.69) is 0 Å². The smallest absolute Gasteiger partial charge is 0.304 e. The van der Waals surface area contributed by atoms with Crippen LogP contribution >= 0.6 is 0 Å². The molecule has 0 amide bonds. The van der Waals surface area contributed by atoms with E-state index < -0.39 is 18.3 Å². The average Bonchev–Trinajstić information content (AvgIpc) is 1.82. The molecule has 4 heteroatoms. The van der Waals surface area contributed by atoms with Gasteiger partial charge in [-0.25, -0.2) is 0 Å². The first-order valence-electron chi connectivity index (χ1n) is 2.33. The van der Waals surface area contributed by atoms with E-state index in [4.69, 9.17) is 5.11 Å². The van der Waals surface area contributed by atoms with Gasteiger partial charge in [0.2, 0.25) is 0 Å². The van der Waals surface area contributed by atoms with Crippen LogP contribution in [0.4, 0.5) is 0 Å². The van der Waals surface area contributed by atoms with Gasteiger partial charge in [0, 0.05) is 0 Å². The number of carbonyl (C=O) groups is 3. The number of hydrogen-bond acceptors (Lipinski definition) is 3. The molecule has 1 N–H and O–H groups in total. The van der Waals surface area contributed by atoms with Crippen molar-refractivity contribution in [2.75, 3.05) is 0 Å². The Morgan fingerprint density at radius 1 is 1.44 bits per heavy atom. The van der Waals surface area contributed by atoms with Crippen molar-refractivity contribution in [3.63, 3.8) is 0 Å². The SMILES string of the molecule is O=CC(C=O)CC(=O)O. The minimum Gasteiger partial charge on any atom is -0.481 e. The highest BCUT2D eigenvalue weighted by molar-refractivity contribution is 5.83. The molecule has 0 atom stereocenters. The van der Waals surface area contributed by atoms with Crippen molar-refractivity contribution in [1.29, 1.82) is 0 Å². The summed E-state index contributed by atoms with van der Waals surface area (Å²) in [6, 6.07) is 0. The predicted octanol–water partition coefficient (Wildman–Crippen LogP) is -0.525. The second kappa shape index (κ2) is 3.77. The van der Waals surface area contributed by atoms with Gasteiger partial charge in [-0.05, 0) is 0 Å². The third-order valence-electron chi connectivity index (χ3n) is 0.760. The minimum atomic E-state index is -1.14. The normalized spacial score (nSPS) is 9.00. The van der Waals surface area contributed by atoms with Crippen LogP contribution in [0.25, 0.3) is 0 Å². The third-order valence-corrected chi connectivity index (χ3v) is 0.760. The Labute approximate surface area is 51.5 Å². The van der Waals surface area contributed by atoms with E-state index in [-0.39, 0.29) is 0 Å². The number of carbonyl (C=O) groups excluding carboxylic acids is 2. The van der Waals surface area contributed by atoms with Gasteiger partial charge in [0.15, 0.2) is 0 Å². The molecule has 9 heavy (non-hydrogen) atoms. The first-order valence-corrected chi connectivity index (χ1v) is 2.33. The number of carboxylic acids is 1. The molecule has 0 radical (unpaired) electrons. The molecule has 0 unspecified atom stereocenters. The molecule has 0 saturated heterocycles. The van der Waals surface area contributed by atoms with Crippen LogP contribution in [0.3, 0.4) is 0 Å². The van der Waals surface area contributed by atoms with Crippen molar-refractivity contribution in [2.24, 2.45) is 5.92 Å². The molecule has 0 spiro atoms. The van der Waals surface area contributed by atoms with E-state index in [1.807, 2.05) is 0 Å². The third kappa shape index (κ3) is 3.40. The van der Waals surface area contributed by atoms with Gasteiger partial charge in [-0.2, -0.15) is 0 Å². The second-order valence-corrected chi connectivity index (χ2v) is 1.53. The number of aliphatic carboxylic acids is 1. The molecule has 0 saturated carbocycles. The van der Waals surface area contributed by atoms with Crippen molar-refractivity contribution in [2.45, 2.75) is 6.42 Å². The molecule has 0 heterocycles. The van der Waals surface area contributed by atoms with Gasteiger partial charge in [-0.15, -0.1) is 0 Å². The Balaban J connectivity index is 3.68. The Hall–Kier alpha value is -1.19. The lowest BCUT2D eigenvalue weighted by Gasteiger charge is -1.92. The van der Waals surface area contributed by atoms with Crippen LogP contribution in [0.15, 0.2) is 0 Å². The maximum absolute atomic E-state index is 9.81. The van der Waals surface area contributed by atoms with E-state index in [1.54, 1.807) is 0 Å². The first kappa shape index (κ1) is 7.81. The molecule has 0 aromatic rings. The van der Waals surface area contributed by atoms with Crippen LogP contribution in [-0.4, -0.2) is 23.6 Å². The van der Waals surface area contributed by atoms with Crippen LogP contribution in [0.2, 0.25) is 0 Å². The second-order valence-electron chi connectivity index (χ2n) is 1.53. The topological polar surface area (TPSA) is 71.4 Å². The molecule has 0 aliphatic carbocycles. The molecule has 4 nitrogen and oxygen atoms in total. The molecular weight excluding hydrogens is 124 g/mol. The van der Waals surface area contributed by atoms with E-state index in [1.165, 1.54) is 0 Å². The highest BCUT2D eigenvalue weighted by atomic mass is 16.4. The molecule has 0 aliphatic heterocycles. The zero-order valence-corrected chi connectivity index (χ0v) is 4.61. The standard InChI is InChI=1S/C5H6O4/c6-2-4(3-7)1-5(8)9/h2-4H,1H2,(H,8,9).